The molecular formula is C26H23Cl2N3O4S. The molecule has 2 amide bonds. The molecule has 2 aromatic heterocycles. The van der Waals surface area contributed by atoms with E-state index in [1.165, 1.54) is 17.4 Å². The summed E-state index contributed by atoms with van der Waals surface area (Å²) in [6, 6.07) is 17.8. The molecule has 1 N–H and O–H groups in total. The first-order valence-electron chi connectivity index (χ1n) is 11.1. The van der Waals surface area contributed by atoms with Crippen molar-refractivity contribution < 1.29 is 18.8 Å². The maximum Gasteiger partial charge on any atom is 0.273 e. The average molecular weight is 544 g/mol. The third-order valence-electron chi connectivity index (χ3n) is 5.37. The van der Waals surface area contributed by atoms with E-state index in [2.05, 4.69) is 10.5 Å². The molecule has 186 valence electrons. The topological polar surface area (TPSA) is 84.7 Å². The minimum absolute atomic E-state index is 0.113. The van der Waals surface area contributed by atoms with Crippen LogP contribution in [0.5, 0.6) is 5.75 Å². The van der Waals surface area contributed by atoms with Crippen LogP contribution in [0.2, 0.25) is 10.0 Å². The second-order valence-corrected chi connectivity index (χ2v) is 9.77. The van der Waals surface area contributed by atoms with Crippen molar-refractivity contribution in [2.24, 2.45) is 0 Å². The summed E-state index contributed by atoms with van der Waals surface area (Å²) in [5.74, 6) is 0.524. The van der Waals surface area contributed by atoms with Crippen LogP contribution in [0.15, 0.2) is 70.6 Å². The number of hydrogen-bond acceptors (Lipinski definition) is 6. The van der Waals surface area contributed by atoms with Crippen molar-refractivity contribution in [1.29, 1.82) is 0 Å². The van der Waals surface area contributed by atoms with Gasteiger partial charge >= 0.3 is 0 Å². The second kappa shape index (κ2) is 12.1. The van der Waals surface area contributed by atoms with Gasteiger partial charge in [0.25, 0.3) is 11.8 Å². The van der Waals surface area contributed by atoms with Gasteiger partial charge in [-0.15, -0.1) is 11.3 Å². The van der Waals surface area contributed by atoms with Gasteiger partial charge < -0.3 is 19.5 Å². The van der Waals surface area contributed by atoms with Crippen LogP contribution in [0.1, 0.15) is 37.0 Å². The summed E-state index contributed by atoms with van der Waals surface area (Å²) in [6.45, 7) is 0.896. The molecule has 4 rings (SSSR count). The number of benzene rings is 2. The van der Waals surface area contributed by atoms with E-state index in [1.807, 2.05) is 41.8 Å². The quantitative estimate of drug-likeness (QED) is 0.270. The van der Waals surface area contributed by atoms with Gasteiger partial charge in [-0.3, -0.25) is 9.59 Å². The van der Waals surface area contributed by atoms with Crippen LogP contribution < -0.4 is 10.1 Å². The van der Waals surface area contributed by atoms with E-state index in [4.69, 9.17) is 32.5 Å². The zero-order valence-electron chi connectivity index (χ0n) is 19.4. The van der Waals surface area contributed by atoms with E-state index < -0.39 is 0 Å². The molecular weight excluding hydrogens is 521 g/mol. The van der Waals surface area contributed by atoms with Crippen molar-refractivity contribution in [1.82, 2.24) is 15.4 Å². The lowest BCUT2D eigenvalue weighted by atomic mass is 10.1. The van der Waals surface area contributed by atoms with E-state index in [0.717, 1.165) is 16.2 Å². The van der Waals surface area contributed by atoms with Crippen LogP contribution in [0, 0.1) is 0 Å². The van der Waals surface area contributed by atoms with Crippen molar-refractivity contribution in [3.8, 4) is 5.75 Å². The normalized spacial score (nSPS) is 10.8. The monoisotopic (exact) mass is 543 g/mol. The first-order chi connectivity index (χ1) is 17.4. The molecule has 0 bridgehead atoms. The van der Waals surface area contributed by atoms with E-state index >= 15 is 0 Å². The molecule has 10 heteroatoms. The summed E-state index contributed by atoms with van der Waals surface area (Å²) in [7, 11) is 1.62. The number of amides is 2. The van der Waals surface area contributed by atoms with E-state index in [-0.39, 0.29) is 29.1 Å². The Morgan fingerprint density at radius 1 is 1.08 bits per heavy atom. The Morgan fingerprint density at radius 2 is 1.89 bits per heavy atom. The van der Waals surface area contributed by atoms with Gasteiger partial charge in [0.2, 0.25) is 0 Å². The van der Waals surface area contributed by atoms with Crippen LogP contribution in [0.25, 0.3) is 0 Å². The van der Waals surface area contributed by atoms with Crippen molar-refractivity contribution in [2.75, 3.05) is 13.7 Å². The molecule has 0 fully saturated rings. The lowest BCUT2D eigenvalue weighted by molar-refractivity contribution is 0.0715. The number of thiophene rings is 1. The van der Waals surface area contributed by atoms with Gasteiger partial charge in [0.05, 0.1) is 30.8 Å². The molecule has 0 saturated heterocycles. The number of nitrogens with one attached hydrogen (secondary N) is 1. The van der Waals surface area contributed by atoms with Crippen molar-refractivity contribution in [3.63, 3.8) is 0 Å². The molecule has 7 nitrogen and oxygen atoms in total. The SMILES string of the molecule is COc1ccc(CCNC(=O)c2cc(CN(Cc3cccs3)C(=O)c3ccc(Cl)cc3Cl)on2)cc1. The number of hydrogen-bond donors (Lipinski definition) is 1. The average Bonchev–Trinajstić information content (AvgIpc) is 3.56. The number of aromatic nitrogens is 1. The molecule has 0 aliphatic heterocycles. The first kappa shape index (κ1) is 25.8. The van der Waals surface area contributed by atoms with Crippen molar-refractivity contribution in [3.05, 3.63) is 104 Å². The lowest BCUT2D eigenvalue weighted by Crippen LogP contribution is -2.30. The van der Waals surface area contributed by atoms with Crippen molar-refractivity contribution in [2.45, 2.75) is 19.5 Å². The highest BCUT2D eigenvalue weighted by molar-refractivity contribution is 7.09. The van der Waals surface area contributed by atoms with Gasteiger partial charge in [0.1, 0.15) is 5.75 Å². The van der Waals surface area contributed by atoms with Gasteiger partial charge in [0.15, 0.2) is 11.5 Å². The number of halogens is 2. The van der Waals surface area contributed by atoms with Gasteiger partial charge in [0, 0.05) is 22.5 Å². The van der Waals surface area contributed by atoms with Gasteiger partial charge in [-0.1, -0.05) is 46.6 Å². The Hall–Kier alpha value is -3.33. The van der Waals surface area contributed by atoms with Crippen LogP contribution in [0.4, 0.5) is 0 Å². The predicted molar refractivity (Wildman–Crippen MR) is 140 cm³/mol. The van der Waals surface area contributed by atoms with Gasteiger partial charge in [-0.05, 0) is 53.8 Å². The number of rotatable bonds is 10. The molecule has 4 aromatic rings. The summed E-state index contributed by atoms with van der Waals surface area (Å²) < 4.78 is 10.5. The van der Waals surface area contributed by atoms with Gasteiger partial charge in [-0.2, -0.15) is 0 Å². The summed E-state index contributed by atoms with van der Waals surface area (Å²) in [5, 5.41) is 9.38. The molecule has 36 heavy (non-hydrogen) atoms. The van der Waals surface area contributed by atoms with Gasteiger partial charge in [-0.25, -0.2) is 0 Å². The Morgan fingerprint density at radius 3 is 2.58 bits per heavy atom. The number of carbonyl (C=O) groups is 2. The highest BCUT2D eigenvalue weighted by Gasteiger charge is 2.22. The summed E-state index contributed by atoms with van der Waals surface area (Å²) in [5.41, 5.74) is 1.54. The third-order valence-corrected chi connectivity index (χ3v) is 6.78. The Labute approximate surface area is 222 Å². The Balaban J connectivity index is 1.41. The van der Waals surface area contributed by atoms with Crippen LogP contribution >= 0.6 is 34.5 Å². The molecule has 0 saturated carbocycles. The van der Waals surface area contributed by atoms with Crippen LogP contribution in [-0.4, -0.2) is 35.5 Å². The zero-order valence-corrected chi connectivity index (χ0v) is 21.7. The van der Waals surface area contributed by atoms with Crippen LogP contribution in [0.3, 0.4) is 0 Å². The standard InChI is InChI=1S/C26H23Cl2N3O4S/c1-34-19-7-4-17(5-8-19)10-11-29-25(32)24-14-20(35-30-24)15-31(16-21-3-2-12-36-21)26(33)22-9-6-18(27)13-23(22)28/h2-9,12-14H,10-11,15-16H2,1H3,(H,29,32). The number of nitrogens with zero attached hydrogens (tertiary/aromatic N) is 2. The largest absolute Gasteiger partial charge is 0.497 e. The van der Waals surface area contributed by atoms with Crippen LogP contribution in [-0.2, 0) is 19.5 Å². The Kier molecular flexibility index (Phi) is 8.64. The van der Waals surface area contributed by atoms with E-state index in [1.54, 1.807) is 30.2 Å². The highest BCUT2D eigenvalue weighted by Crippen LogP contribution is 2.25. The minimum atomic E-state index is -0.351. The zero-order chi connectivity index (χ0) is 25.5. The van der Waals surface area contributed by atoms with E-state index in [9.17, 15) is 9.59 Å². The highest BCUT2D eigenvalue weighted by atomic mass is 35.5. The number of carbonyl (C=O) groups excluding carboxylic acids is 2. The summed E-state index contributed by atoms with van der Waals surface area (Å²) in [4.78, 5) is 28.5. The second-order valence-electron chi connectivity index (χ2n) is 7.90. The maximum atomic E-state index is 13.3. The number of ether oxygens (including phenoxy) is 1. The summed E-state index contributed by atoms with van der Waals surface area (Å²) >= 11 is 13.8. The molecule has 0 atom stereocenters. The Bertz CT molecular complexity index is 1320. The molecule has 0 unspecified atom stereocenters. The maximum absolute atomic E-state index is 13.3. The molecule has 0 aliphatic rings. The van der Waals surface area contributed by atoms with E-state index in [0.29, 0.717) is 35.9 Å². The predicted octanol–water partition coefficient (Wildman–Crippen LogP) is 5.87. The molecule has 0 aliphatic carbocycles. The fourth-order valence-corrected chi connectivity index (χ4v) is 4.72. The molecule has 0 spiro atoms. The lowest BCUT2D eigenvalue weighted by Gasteiger charge is -2.21. The third kappa shape index (κ3) is 6.66. The fraction of sp³-hybridized carbons (Fsp3) is 0.192. The minimum Gasteiger partial charge on any atom is -0.497 e. The summed E-state index contributed by atoms with van der Waals surface area (Å²) in [6.07, 6.45) is 0.658. The fourth-order valence-electron chi connectivity index (χ4n) is 3.51. The first-order valence-corrected chi connectivity index (χ1v) is 12.7. The molecule has 2 aromatic carbocycles. The van der Waals surface area contributed by atoms with Crippen molar-refractivity contribution >= 4 is 46.4 Å². The smallest absolute Gasteiger partial charge is 0.273 e. The molecule has 2 heterocycles. The number of methoxy groups -OCH3 is 1. The molecule has 0 radical (unpaired) electrons.